The van der Waals surface area contributed by atoms with Gasteiger partial charge in [-0.1, -0.05) is 30.2 Å². The molecule has 4 aromatic rings. The summed E-state index contributed by atoms with van der Waals surface area (Å²) in [5, 5.41) is 5.29. The maximum atomic E-state index is 16.7. The van der Waals surface area contributed by atoms with Gasteiger partial charge in [0.25, 0.3) is 0 Å². The fourth-order valence-electron chi connectivity index (χ4n) is 6.95. The van der Waals surface area contributed by atoms with E-state index in [-0.39, 0.29) is 16.8 Å². The van der Waals surface area contributed by atoms with Crippen molar-refractivity contribution >= 4 is 33.4 Å². The van der Waals surface area contributed by atoms with Gasteiger partial charge in [0, 0.05) is 62.0 Å². The minimum absolute atomic E-state index is 0.0966. The summed E-state index contributed by atoms with van der Waals surface area (Å²) in [4.78, 5) is 21.2. The fraction of sp³-hybridized carbons (Fsp3) is 0.406. The van der Waals surface area contributed by atoms with Crippen molar-refractivity contribution in [1.82, 2.24) is 25.2 Å². The zero-order valence-corrected chi connectivity index (χ0v) is 23.4. The molecular formula is C32H33F2N7. The number of halogens is 2. The maximum absolute atomic E-state index is 16.7. The first kappa shape index (κ1) is 26.1. The van der Waals surface area contributed by atoms with Crippen LogP contribution in [-0.2, 0) is 0 Å². The molecule has 2 unspecified atom stereocenters. The number of hydrogen-bond donors (Lipinski definition) is 1. The zero-order valence-electron chi connectivity index (χ0n) is 23.4. The molecule has 5 heterocycles. The normalized spacial score (nSPS) is 22.5. The molecule has 0 spiro atoms. The molecule has 3 aliphatic heterocycles. The predicted molar refractivity (Wildman–Crippen MR) is 159 cm³/mol. The van der Waals surface area contributed by atoms with Crippen molar-refractivity contribution in [3.05, 3.63) is 53.7 Å². The first-order chi connectivity index (χ1) is 19.9. The van der Waals surface area contributed by atoms with E-state index >= 15 is 4.39 Å². The van der Waals surface area contributed by atoms with E-state index in [2.05, 4.69) is 38.0 Å². The third kappa shape index (κ3) is 4.37. The monoisotopic (exact) mass is 553 g/mol. The summed E-state index contributed by atoms with van der Waals surface area (Å²) >= 11 is 0. The summed E-state index contributed by atoms with van der Waals surface area (Å²) in [6.45, 7) is 3.36. The van der Waals surface area contributed by atoms with Gasteiger partial charge in [-0.3, -0.25) is 9.88 Å². The highest BCUT2D eigenvalue weighted by Crippen LogP contribution is 2.37. The molecule has 3 saturated heterocycles. The van der Waals surface area contributed by atoms with Gasteiger partial charge in [0.05, 0.1) is 10.9 Å². The first-order valence-corrected chi connectivity index (χ1v) is 14.4. The van der Waals surface area contributed by atoms with E-state index in [9.17, 15) is 4.39 Å². The van der Waals surface area contributed by atoms with E-state index in [0.29, 0.717) is 46.2 Å². The molecular weight excluding hydrogens is 520 g/mol. The maximum Gasteiger partial charge on any atom is 0.228 e. The number of piperazine rings is 1. The Morgan fingerprint density at radius 2 is 1.90 bits per heavy atom. The highest BCUT2D eigenvalue weighted by molar-refractivity contribution is 6.02. The third-order valence-corrected chi connectivity index (χ3v) is 9.19. The molecule has 9 heteroatoms. The zero-order chi connectivity index (χ0) is 28.2. The number of nitrogens with zero attached hydrogens (tertiary/aromatic N) is 6. The van der Waals surface area contributed by atoms with Gasteiger partial charge in [0.15, 0.2) is 5.82 Å². The molecule has 0 saturated carbocycles. The molecule has 7 rings (SSSR count). The molecule has 2 bridgehead atoms. The largest absolute Gasteiger partial charge is 0.357 e. The van der Waals surface area contributed by atoms with Crippen LogP contribution in [0.15, 0.2) is 36.5 Å². The van der Waals surface area contributed by atoms with Gasteiger partial charge in [-0.2, -0.15) is 4.98 Å². The summed E-state index contributed by atoms with van der Waals surface area (Å²) in [6.07, 6.45) is 11.9. The quantitative estimate of drug-likeness (QED) is 0.363. The van der Waals surface area contributed by atoms with Gasteiger partial charge in [0.1, 0.15) is 22.8 Å². The number of terminal acetylenes is 1. The van der Waals surface area contributed by atoms with Crippen molar-refractivity contribution in [2.75, 3.05) is 50.1 Å². The summed E-state index contributed by atoms with van der Waals surface area (Å²) in [7, 11) is 4.18. The van der Waals surface area contributed by atoms with E-state index in [0.717, 1.165) is 57.2 Å². The highest BCUT2D eigenvalue weighted by atomic mass is 19.1. The van der Waals surface area contributed by atoms with Crippen LogP contribution in [0.3, 0.4) is 0 Å². The van der Waals surface area contributed by atoms with Crippen LogP contribution in [0.1, 0.15) is 31.2 Å². The fourth-order valence-corrected chi connectivity index (χ4v) is 6.95. The Balaban J connectivity index is 1.40. The van der Waals surface area contributed by atoms with Crippen LogP contribution in [0, 0.1) is 24.0 Å². The lowest BCUT2D eigenvalue weighted by molar-refractivity contribution is 0.211. The van der Waals surface area contributed by atoms with E-state index in [1.807, 2.05) is 13.1 Å². The number of nitrogens with one attached hydrogen (secondary N) is 1. The second-order valence-corrected chi connectivity index (χ2v) is 11.6. The molecule has 1 N–H and O–H groups in total. The van der Waals surface area contributed by atoms with E-state index < -0.39 is 11.6 Å². The Bertz CT molecular complexity index is 1680. The number of hydrogen-bond acceptors (Lipinski definition) is 7. The van der Waals surface area contributed by atoms with Crippen LogP contribution >= 0.6 is 0 Å². The van der Waals surface area contributed by atoms with Crippen molar-refractivity contribution in [2.24, 2.45) is 0 Å². The Morgan fingerprint density at radius 3 is 2.63 bits per heavy atom. The van der Waals surface area contributed by atoms with Crippen LogP contribution < -0.4 is 15.1 Å². The average Bonchev–Trinajstić information content (AvgIpc) is 3.55. The molecule has 3 aliphatic rings. The van der Waals surface area contributed by atoms with Crippen molar-refractivity contribution in [3.8, 4) is 23.6 Å². The standard InChI is InChI=1S/C32H33F2N7/c1-4-23-26(33)13-10-19-7-5-9-24(27(19)23)29-28(34)30-25(15-36-29)31(39(2)16-20-8-6-14-35-20)38-32(37-30)41-17-21-11-12-22(18-41)40(21)3/h1,5,7,9-10,13,15,20-22,35H,6,8,11-12,14,16-18H2,2-3H3/t20-,21?,22?/m0/s1. The van der Waals surface area contributed by atoms with Crippen LogP contribution in [-0.4, -0.2) is 78.3 Å². The van der Waals surface area contributed by atoms with E-state index in [1.165, 1.54) is 6.07 Å². The van der Waals surface area contributed by atoms with Crippen LogP contribution in [0.4, 0.5) is 20.5 Å². The van der Waals surface area contributed by atoms with Crippen LogP contribution in [0.2, 0.25) is 0 Å². The van der Waals surface area contributed by atoms with Gasteiger partial charge >= 0.3 is 0 Å². The molecule has 3 atom stereocenters. The minimum atomic E-state index is -0.559. The number of benzene rings is 2. The Hall–Kier alpha value is -3.87. The molecule has 7 nitrogen and oxygen atoms in total. The minimum Gasteiger partial charge on any atom is -0.357 e. The van der Waals surface area contributed by atoms with Crippen molar-refractivity contribution in [3.63, 3.8) is 0 Å². The second-order valence-electron chi connectivity index (χ2n) is 11.6. The van der Waals surface area contributed by atoms with Gasteiger partial charge < -0.3 is 15.1 Å². The lowest BCUT2D eigenvalue weighted by atomic mass is 9.96. The summed E-state index contributed by atoms with van der Waals surface area (Å²) in [6, 6.07) is 9.58. The van der Waals surface area contributed by atoms with Gasteiger partial charge in [0.2, 0.25) is 5.95 Å². The molecule has 2 aromatic heterocycles. The summed E-state index contributed by atoms with van der Waals surface area (Å²) < 4.78 is 31.4. The number of likely N-dealkylation sites (N-methyl/N-ethyl adjacent to an activating group) is 2. The molecule has 2 aromatic carbocycles. The second kappa shape index (κ2) is 10.2. The predicted octanol–water partition coefficient (Wildman–Crippen LogP) is 4.58. The Morgan fingerprint density at radius 1 is 1.10 bits per heavy atom. The SMILES string of the molecule is C#Cc1c(F)ccc2cccc(-c3ncc4c(N(C)C[C@@H]5CCCN5)nc(N5CC6CCC(C5)N6C)nc4c3F)c12. The van der Waals surface area contributed by atoms with Crippen LogP contribution in [0.5, 0.6) is 0 Å². The number of fused-ring (bicyclic) bond motifs is 4. The summed E-state index contributed by atoms with van der Waals surface area (Å²) in [5.41, 5.74) is 0.847. The Labute approximate surface area is 238 Å². The number of pyridine rings is 1. The number of anilines is 2. The third-order valence-electron chi connectivity index (χ3n) is 9.19. The molecule has 0 aliphatic carbocycles. The van der Waals surface area contributed by atoms with Crippen molar-refractivity contribution in [1.29, 1.82) is 0 Å². The lowest BCUT2D eigenvalue weighted by Gasteiger charge is -2.39. The highest BCUT2D eigenvalue weighted by Gasteiger charge is 2.38. The molecule has 3 fully saturated rings. The molecule has 0 radical (unpaired) electrons. The summed E-state index contributed by atoms with van der Waals surface area (Å²) in [5.74, 6) is 2.58. The lowest BCUT2D eigenvalue weighted by Crippen LogP contribution is -2.52. The number of aromatic nitrogens is 3. The van der Waals surface area contributed by atoms with E-state index in [4.69, 9.17) is 16.4 Å². The van der Waals surface area contributed by atoms with Gasteiger partial charge in [-0.25, -0.2) is 13.8 Å². The van der Waals surface area contributed by atoms with Crippen LogP contribution in [0.25, 0.3) is 32.9 Å². The molecule has 0 amide bonds. The molecule has 41 heavy (non-hydrogen) atoms. The first-order valence-electron chi connectivity index (χ1n) is 14.4. The van der Waals surface area contributed by atoms with Crippen molar-refractivity contribution < 1.29 is 8.78 Å². The average molecular weight is 554 g/mol. The van der Waals surface area contributed by atoms with E-state index in [1.54, 1.807) is 24.4 Å². The molecule has 210 valence electrons. The number of rotatable bonds is 5. The smallest absolute Gasteiger partial charge is 0.228 e. The van der Waals surface area contributed by atoms with Crippen molar-refractivity contribution in [2.45, 2.75) is 43.8 Å². The van der Waals surface area contributed by atoms with Gasteiger partial charge in [-0.05, 0) is 50.7 Å². The van der Waals surface area contributed by atoms with Gasteiger partial charge in [-0.15, -0.1) is 6.42 Å². The Kier molecular flexibility index (Phi) is 6.48. The topological polar surface area (TPSA) is 60.4 Å².